The van der Waals surface area contributed by atoms with Gasteiger partial charge in [0, 0.05) is 26.2 Å². The fourth-order valence-electron chi connectivity index (χ4n) is 3.32. The Bertz CT molecular complexity index is 983. The fraction of sp³-hybridized carbons (Fsp3) is 0.381. The number of nitrogens with one attached hydrogen (secondary N) is 1. The van der Waals surface area contributed by atoms with Crippen molar-refractivity contribution in [2.24, 2.45) is 0 Å². The van der Waals surface area contributed by atoms with Crippen LogP contribution in [0.2, 0.25) is 0 Å². The van der Waals surface area contributed by atoms with Gasteiger partial charge in [-0.1, -0.05) is 18.2 Å². The lowest BCUT2D eigenvalue weighted by Gasteiger charge is -2.36. The van der Waals surface area contributed by atoms with Crippen LogP contribution >= 0.6 is 0 Å². The van der Waals surface area contributed by atoms with Crippen LogP contribution in [0.4, 0.5) is 5.69 Å². The van der Waals surface area contributed by atoms with E-state index in [1.807, 2.05) is 38.1 Å². The van der Waals surface area contributed by atoms with Gasteiger partial charge in [-0.25, -0.2) is 13.1 Å². The van der Waals surface area contributed by atoms with Gasteiger partial charge in [0.05, 0.1) is 24.2 Å². The normalized spacial score (nSPS) is 14.7. The third-order valence-corrected chi connectivity index (χ3v) is 6.66. The molecule has 1 fully saturated rings. The predicted molar refractivity (Wildman–Crippen MR) is 113 cm³/mol. The van der Waals surface area contributed by atoms with Crippen molar-refractivity contribution < 1.29 is 17.9 Å². The van der Waals surface area contributed by atoms with Crippen LogP contribution in [0.15, 0.2) is 47.4 Å². The number of benzene rings is 2. The highest BCUT2D eigenvalue weighted by Gasteiger charge is 2.24. The molecule has 0 unspecified atom stereocenters. The van der Waals surface area contributed by atoms with Gasteiger partial charge in [0.15, 0.2) is 0 Å². The number of sulfonamides is 1. The molecule has 156 valence electrons. The molecule has 2 aromatic carbocycles. The van der Waals surface area contributed by atoms with Crippen LogP contribution in [0.5, 0.6) is 5.75 Å². The number of amides is 1. The van der Waals surface area contributed by atoms with Crippen LogP contribution in [-0.2, 0) is 14.8 Å². The third kappa shape index (κ3) is 4.89. The number of para-hydroxylation sites is 2. The van der Waals surface area contributed by atoms with Crippen molar-refractivity contribution in [1.29, 1.82) is 0 Å². The molecule has 29 heavy (non-hydrogen) atoms. The highest BCUT2D eigenvalue weighted by Crippen LogP contribution is 2.28. The Balaban J connectivity index is 1.56. The van der Waals surface area contributed by atoms with Gasteiger partial charge >= 0.3 is 0 Å². The Kier molecular flexibility index (Phi) is 6.44. The first-order valence-electron chi connectivity index (χ1n) is 9.54. The van der Waals surface area contributed by atoms with E-state index in [0.29, 0.717) is 26.2 Å². The maximum atomic E-state index is 12.5. The Morgan fingerprint density at radius 1 is 1.03 bits per heavy atom. The first-order chi connectivity index (χ1) is 13.8. The molecule has 1 heterocycles. The van der Waals surface area contributed by atoms with E-state index in [-0.39, 0.29) is 17.3 Å². The van der Waals surface area contributed by atoms with E-state index in [1.54, 1.807) is 30.2 Å². The lowest BCUT2D eigenvalue weighted by Crippen LogP contribution is -2.51. The summed E-state index contributed by atoms with van der Waals surface area (Å²) in [5, 5.41) is 0. The first-order valence-corrected chi connectivity index (χ1v) is 11.0. The first kappa shape index (κ1) is 21.1. The Labute approximate surface area is 172 Å². The Morgan fingerprint density at radius 3 is 2.38 bits per heavy atom. The van der Waals surface area contributed by atoms with Gasteiger partial charge in [-0.2, -0.15) is 0 Å². The maximum Gasteiger partial charge on any atom is 0.241 e. The van der Waals surface area contributed by atoms with Crippen molar-refractivity contribution >= 4 is 21.6 Å². The summed E-state index contributed by atoms with van der Waals surface area (Å²) in [6.45, 7) is 5.93. The molecule has 1 aliphatic heterocycles. The summed E-state index contributed by atoms with van der Waals surface area (Å²) in [4.78, 5) is 16.6. The van der Waals surface area contributed by atoms with Crippen molar-refractivity contribution in [2.75, 3.05) is 44.7 Å². The number of piperazine rings is 1. The number of carbonyl (C=O) groups excluding carboxylic acids is 1. The summed E-state index contributed by atoms with van der Waals surface area (Å²) >= 11 is 0. The minimum Gasteiger partial charge on any atom is -0.495 e. The average molecular weight is 418 g/mol. The molecular weight excluding hydrogens is 390 g/mol. The number of hydrogen-bond donors (Lipinski definition) is 1. The minimum atomic E-state index is -3.72. The van der Waals surface area contributed by atoms with E-state index in [1.165, 1.54) is 0 Å². The molecule has 0 radical (unpaired) electrons. The van der Waals surface area contributed by atoms with Crippen molar-refractivity contribution in [3.63, 3.8) is 0 Å². The van der Waals surface area contributed by atoms with Gasteiger partial charge in [0.25, 0.3) is 0 Å². The van der Waals surface area contributed by atoms with Crippen molar-refractivity contribution in [2.45, 2.75) is 18.7 Å². The molecule has 7 nitrogen and oxygen atoms in total. The van der Waals surface area contributed by atoms with Crippen LogP contribution in [0, 0.1) is 13.8 Å². The van der Waals surface area contributed by atoms with Gasteiger partial charge in [-0.05, 0) is 49.2 Å². The van der Waals surface area contributed by atoms with Crippen LogP contribution in [0.1, 0.15) is 11.1 Å². The van der Waals surface area contributed by atoms with Gasteiger partial charge in [0.2, 0.25) is 15.9 Å². The third-order valence-electron chi connectivity index (χ3n) is 5.26. The van der Waals surface area contributed by atoms with Crippen LogP contribution in [-0.4, -0.2) is 59.1 Å². The van der Waals surface area contributed by atoms with Crippen molar-refractivity contribution in [3.8, 4) is 5.75 Å². The number of ether oxygens (including phenoxy) is 1. The molecule has 1 N–H and O–H groups in total. The second-order valence-electron chi connectivity index (χ2n) is 7.11. The average Bonchev–Trinajstić information content (AvgIpc) is 2.74. The van der Waals surface area contributed by atoms with Crippen LogP contribution in [0.25, 0.3) is 0 Å². The topological polar surface area (TPSA) is 79.0 Å². The number of rotatable bonds is 6. The second kappa shape index (κ2) is 8.84. The number of aryl methyl sites for hydroxylation is 2. The molecule has 1 saturated heterocycles. The van der Waals surface area contributed by atoms with Crippen molar-refractivity contribution in [1.82, 2.24) is 9.62 Å². The zero-order valence-electron chi connectivity index (χ0n) is 17.0. The van der Waals surface area contributed by atoms with Gasteiger partial charge in [-0.3, -0.25) is 4.79 Å². The summed E-state index contributed by atoms with van der Waals surface area (Å²) in [6.07, 6.45) is 0. The van der Waals surface area contributed by atoms with Crippen LogP contribution in [0.3, 0.4) is 0 Å². The smallest absolute Gasteiger partial charge is 0.241 e. The number of anilines is 1. The minimum absolute atomic E-state index is 0.175. The number of nitrogens with zero attached hydrogens (tertiary/aromatic N) is 2. The van der Waals surface area contributed by atoms with Gasteiger partial charge in [0.1, 0.15) is 5.75 Å². The summed E-state index contributed by atoms with van der Waals surface area (Å²) in [7, 11) is -2.08. The summed E-state index contributed by atoms with van der Waals surface area (Å²) in [6, 6.07) is 12.7. The predicted octanol–water partition coefficient (Wildman–Crippen LogP) is 1.94. The molecule has 1 aliphatic rings. The van der Waals surface area contributed by atoms with Crippen LogP contribution < -0.4 is 14.4 Å². The van der Waals surface area contributed by atoms with Crippen molar-refractivity contribution in [3.05, 3.63) is 53.6 Å². The molecule has 0 spiro atoms. The SMILES string of the molecule is COc1ccccc1N1CCN(C(=O)CNS(=O)(=O)c2ccc(C)c(C)c2)CC1. The largest absolute Gasteiger partial charge is 0.495 e. The zero-order chi connectivity index (χ0) is 21.0. The van der Waals surface area contributed by atoms with Gasteiger partial charge in [-0.15, -0.1) is 0 Å². The molecule has 0 saturated carbocycles. The molecule has 0 atom stereocenters. The molecule has 1 amide bonds. The van der Waals surface area contributed by atoms with E-state index in [4.69, 9.17) is 4.74 Å². The fourth-order valence-corrected chi connectivity index (χ4v) is 4.38. The molecule has 0 aromatic heterocycles. The highest BCUT2D eigenvalue weighted by molar-refractivity contribution is 7.89. The van der Waals surface area contributed by atoms with Gasteiger partial charge < -0.3 is 14.5 Å². The summed E-state index contributed by atoms with van der Waals surface area (Å²) in [5.74, 6) is 0.575. The quantitative estimate of drug-likeness (QED) is 0.777. The molecule has 8 heteroatoms. The van der Waals surface area contributed by atoms with E-state index in [0.717, 1.165) is 22.6 Å². The summed E-state index contributed by atoms with van der Waals surface area (Å²) < 4.78 is 32.8. The monoisotopic (exact) mass is 417 g/mol. The van der Waals surface area contributed by atoms with E-state index >= 15 is 0 Å². The van der Waals surface area contributed by atoms with E-state index < -0.39 is 10.0 Å². The zero-order valence-corrected chi connectivity index (χ0v) is 17.8. The summed E-state index contributed by atoms with van der Waals surface area (Å²) in [5.41, 5.74) is 2.91. The number of carbonyl (C=O) groups is 1. The standard InChI is InChI=1S/C21H27N3O4S/c1-16-8-9-18(14-17(16)2)29(26,27)22-15-21(25)24-12-10-23(11-13-24)19-6-4-5-7-20(19)28-3/h4-9,14,22H,10-13,15H2,1-3H3. The molecule has 0 aliphatic carbocycles. The van der Waals surface area contributed by atoms with E-state index in [9.17, 15) is 13.2 Å². The molecule has 2 aromatic rings. The molecule has 0 bridgehead atoms. The Hall–Kier alpha value is -2.58. The highest BCUT2D eigenvalue weighted by atomic mass is 32.2. The Morgan fingerprint density at radius 2 is 1.72 bits per heavy atom. The molecular formula is C21H27N3O4S. The lowest BCUT2D eigenvalue weighted by molar-refractivity contribution is -0.130. The van der Waals surface area contributed by atoms with E-state index in [2.05, 4.69) is 9.62 Å². The molecule has 3 rings (SSSR count). The maximum absolute atomic E-state index is 12.5. The number of methoxy groups -OCH3 is 1. The second-order valence-corrected chi connectivity index (χ2v) is 8.88. The lowest BCUT2D eigenvalue weighted by atomic mass is 10.1. The number of hydrogen-bond acceptors (Lipinski definition) is 5.